The Balaban J connectivity index is 2.39. The Morgan fingerprint density at radius 2 is 2.07 bits per heavy atom. The minimum absolute atomic E-state index is 0.114. The van der Waals surface area contributed by atoms with Gasteiger partial charge >= 0.3 is 5.97 Å². The fraction of sp³-hybridized carbons (Fsp3) is 0.917. The summed E-state index contributed by atoms with van der Waals surface area (Å²) in [7, 11) is 1.83. The second-order valence-corrected chi connectivity index (χ2v) is 5.41. The van der Waals surface area contributed by atoms with Crippen LogP contribution in [0.1, 0.15) is 46.5 Å². The molecular formula is C12H23NO2. The largest absolute Gasteiger partial charge is 0.459 e. The second-order valence-electron chi connectivity index (χ2n) is 5.41. The van der Waals surface area contributed by atoms with Gasteiger partial charge in [0.1, 0.15) is 11.6 Å². The number of rotatable bonds is 4. The van der Waals surface area contributed by atoms with Crippen molar-refractivity contribution in [1.29, 1.82) is 0 Å². The topological polar surface area (TPSA) is 38.3 Å². The highest BCUT2D eigenvalue weighted by Crippen LogP contribution is 2.30. The van der Waals surface area contributed by atoms with E-state index in [-0.39, 0.29) is 17.6 Å². The minimum Gasteiger partial charge on any atom is -0.459 e. The number of hydrogen-bond acceptors (Lipinski definition) is 3. The van der Waals surface area contributed by atoms with Gasteiger partial charge in [0.15, 0.2) is 0 Å². The Morgan fingerprint density at radius 3 is 2.40 bits per heavy atom. The van der Waals surface area contributed by atoms with Crippen molar-refractivity contribution >= 4 is 5.97 Å². The van der Waals surface area contributed by atoms with Crippen LogP contribution in [0.15, 0.2) is 0 Å². The van der Waals surface area contributed by atoms with Crippen molar-refractivity contribution in [2.45, 2.75) is 58.1 Å². The van der Waals surface area contributed by atoms with Crippen LogP contribution in [-0.4, -0.2) is 24.7 Å². The molecule has 0 aromatic carbocycles. The van der Waals surface area contributed by atoms with Gasteiger partial charge in [-0.05, 0) is 40.2 Å². The molecule has 1 unspecified atom stereocenters. The third kappa shape index (κ3) is 4.20. The van der Waals surface area contributed by atoms with Crippen LogP contribution in [0.2, 0.25) is 0 Å². The lowest BCUT2D eigenvalue weighted by Crippen LogP contribution is -2.41. The molecule has 1 atom stereocenters. The van der Waals surface area contributed by atoms with Crippen molar-refractivity contribution in [2.24, 2.45) is 5.92 Å². The molecule has 0 heterocycles. The zero-order valence-corrected chi connectivity index (χ0v) is 10.3. The molecule has 0 aromatic heterocycles. The quantitative estimate of drug-likeness (QED) is 0.727. The average Bonchev–Trinajstić information content (AvgIpc) is 1.98. The maximum atomic E-state index is 11.8. The summed E-state index contributed by atoms with van der Waals surface area (Å²) in [6, 6.07) is -0.130. The molecular weight excluding hydrogens is 190 g/mol. The Hall–Kier alpha value is -0.570. The monoisotopic (exact) mass is 213 g/mol. The third-order valence-electron chi connectivity index (χ3n) is 2.83. The molecule has 1 aliphatic rings. The summed E-state index contributed by atoms with van der Waals surface area (Å²) in [4.78, 5) is 11.8. The highest BCUT2D eigenvalue weighted by Gasteiger charge is 2.28. The number of nitrogens with one attached hydrogen (secondary N) is 1. The van der Waals surface area contributed by atoms with E-state index in [0.29, 0.717) is 0 Å². The summed E-state index contributed by atoms with van der Waals surface area (Å²) < 4.78 is 5.36. The Kier molecular flexibility index (Phi) is 4.14. The summed E-state index contributed by atoms with van der Waals surface area (Å²) >= 11 is 0. The molecule has 0 saturated heterocycles. The Morgan fingerprint density at radius 1 is 1.47 bits per heavy atom. The van der Waals surface area contributed by atoms with Gasteiger partial charge in [-0.2, -0.15) is 0 Å². The number of carbonyl (C=O) groups is 1. The van der Waals surface area contributed by atoms with Crippen LogP contribution in [-0.2, 0) is 9.53 Å². The van der Waals surface area contributed by atoms with Crippen molar-refractivity contribution in [3.05, 3.63) is 0 Å². The van der Waals surface area contributed by atoms with E-state index in [2.05, 4.69) is 5.32 Å². The molecule has 0 bridgehead atoms. The van der Waals surface area contributed by atoms with Crippen molar-refractivity contribution in [2.75, 3.05) is 7.05 Å². The van der Waals surface area contributed by atoms with E-state index in [1.54, 1.807) is 0 Å². The van der Waals surface area contributed by atoms with Crippen molar-refractivity contribution < 1.29 is 9.53 Å². The van der Waals surface area contributed by atoms with Crippen molar-refractivity contribution in [1.82, 2.24) is 5.32 Å². The first kappa shape index (κ1) is 12.5. The van der Waals surface area contributed by atoms with Gasteiger partial charge in [-0.3, -0.25) is 4.79 Å². The Labute approximate surface area is 92.6 Å². The third-order valence-corrected chi connectivity index (χ3v) is 2.83. The average molecular weight is 213 g/mol. The number of carbonyl (C=O) groups excluding carboxylic acids is 1. The van der Waals surface area contributed by atoms with Gasteiger partial charge in [-0.15, -0.1) is 0 Å². The van der Waals surface area contributed by atoms with E-state index in [1.807, 2.05) is 27.8 Å². The van der Waals surface area contributed by atoms with Crippen LogP contribution in [0.5, 0.6) is 0 Å². The van der Waals surface area contributed by atoms with Crippen LogP contribution in [0.4, 0.5) is 0 Å². The van der Waals surface area contributed by atoms with E-state index >= 15 is 0 Å². The predicted octanol–water partition coefficient (Wildman–Crippen LogP) is 2.11. The fourth-order valence-corrected chi connectivity index (χ4v) is 1.77. The van der Waals surface area contributed by atoms with Crippen LogP contribution < -0.4 is 5.32 Å². The molecule has 1 rings (SSSR count). The van der Waals surface area contributed by atoms with Gasteiger partial charge in [0.25, 0.3) is 0 Å². The molecule has 1 fully saturated rings. The van der Waals surface area contributed by atoms with Gasteiger partial charge in [0, 0.05) is 0 Å². The number of ether oxygens (including phenoxy) is 1. The first-order valence-electron chi connectivity index (χ1n) is 5.82. The van der Waals surface area contributed by atoms with Crippen LogP contribution in [0.3, 0.4) is 0 Å². The second kappa shape index (κ2) is 4.97. The highest BCUT2D eigenvalue weighted by atomic mass is 16.6. The van der Waals surface area contributed by atoms with Gasteiger partial charge in [0.2, 0.25) is 0 Å². The first-order chi connectivity index (χ1) is 6.92. The standard InChI is InChI=1S/C12H23NO2/c1-12(2,3)15-11(14)10(13-4)8-9-6-5-7-9/h9-10,13H,5-8H2,1-4H3. The molecule has 88 valence electrons. The van der Waals surface area contributed by atoms with Crippen LogP contribution >= 0.6 is 0 Å². The lowest BCUT2D eigenvalue weighted by atomic mass is 9.81. The highest BCUT2D eigenvalue weighted by molar-refractivity contribution is 5.76. The molecule has 0 radical (unpaired) electrons. The Bertz CT molecular complexity index is 216. The van der Waals surface area contributed by atoms with E-state index in [4.69, 9.17) is 4.74 Å². The van der Waals surface area contributed by atoms with Gasteiger partial charge < -0.3 is 10.1 Å². The van der Waals surface area contributed by atoms with Crippen molar-refractivity contribution in [3.8, 4) is 0 Å². The molecule has 3 heteroatoms. The molecule has 1 aliphatic carbocycles. The molecule has 3 nitrogen and oxygen atoms in total. The van der Waals surface area contributed by atoms with E-state index < -0.39 is 0 Å². The molecule has 1 saturated carbocycles. The fourth-order valence-electron chi connectivity index (χ4n) is 1.77. The van der Waals surface area contributed by atoms with Crippen LogP contribution in [0, 0.1) is 5.92 Å². The lowest BCUT2D eigenvalue weighted by Gasteiger charge is -2.30. The molecule has 0 aliphatic heterocycles. The lowest BCUT2D eigenvalue weighted by molar-refractivity contribution is -0.158. The van der Waals surface area contributed by atoms with Gasteiger partial charge in [-0.1, -0.05) is 19.3 Å². The molecule has 0 aromatic rings. The molecule has 1 N–H and O–H groups in total. The molecule has 15 heavy (non-hydrogen) atoms. The van der Waals surface area contributed by atoms with E-state index in [0.717, 1.165) is 12.3 Å². The maximum Gasteiger partial charge on any atom is 0.323 e. The summed E-state index contributed by atoms with van der Waals surface area (Å²) in [6.45, 7) is 5.71. The molecule has 0 amide bonds. The minimum atomic E-state index is -0.383. The number of likely N-dealkylation sites (N-methyl/N-ethyl adjacent to an activating group) is 1. The van der Waals surface area contributed by atoms with E-state index in [9.17, 15) is 4.79 Å². The normalized spacial score (nSPS) is 19.5. The van der Waals surface area contributed by atoms with E-state index in [1.165, 1.54) is 19.3 Å². The smallest absolute Gasteiger partial charge is 0.323 e. The predicted molar refractivity (Wildman–Crippen MR) is 60.7 cm³/mol. The SMILES string of the molecule is CNC(CC1CCC1)C(=O)OC(C)(C)C. The maximum absolute atomic E-state index is 11.8. The first-order valence-corrected chi connectivity index (χ1v) is 5.82. The number of esters is 1. The van der Waals surface area contributed by atoms with Crippen LogP contribution in [0.25, 0.3) is 0 Å². The van der Waals surface area contributed by atoms with Gasteiger partial charge in [0.05, 0.1) is 0 Å². The van der Waals surface area contributed by atoms with Crippen molar-refractivity contribution in [3.63, 3.8) is 0 Å². The molecule has 0 spiro atoms. The summed E-state index contributed by atoms with van der Waals surface area (Å²) in [5.41, 5.74) is -0.383. The summed E-state index contributed by atoms with van der Waals surface area (Å²) in [5.74, 6) is 0.604. The zero-order valence-electron chi connectivity index (χ0n) is 10.3. The number of hydrogen-bond donors (Lipinski definition) is 1. The summed E-state index contributed by atoms with van der Waals surface area (Å²) in [5, 5.41) is 3.05. The summed E-state index contributed by atoms with van der Waals surface area (Å²) in [6.07, 6.45) is 4.77. The van der Waals surface area contributed by atoms with Gasteiger partial charge in [-0.25, -0.2) is 0 Å². The zero-order chi connectivity index (χ0) is 11.5.